The molecule has 0 spiro atoms. The molecule has 1 atom stereocenters. The normalized spacial score (nSPS) is 13.1. The zero-order valence-electron chi connectivity index (χ0n) is 8.25. The molecule has 74 valence electrons. The predicted molar refractivity (Wildman–Crippen MR) is 63.9 cm³/mol. The van der Waals surface area contributed by atoms with Gasteiger partial charge in [0.25, 0.3) is 0 Å². The van der Waals surface area contributed by atoms with Crippen LogP contribution in [0.4, 0.5) is 0 Å². The van der Waals surface area contributed by atoms with Gasteiger partial charge in [0.2, 0.25) is 0 Å². The summed E-state index contributed by atoms with van der Waals surface area (Å²) in [6, 6.07) is 2.80. The molecule has 0 fully saturated rings. The van der Waals surface area contributed by atoms with Crippen LogP contribution >= 0.6 is 23.1 Å². The molecule has 0 aliphatic carbocycles. The molecule has 0 saturated carbocycles. The van der Waals surface area contributed by atoms with Crippen molar-refractivity contribution < 1.29 is 0 Å². The molecule has 0 aliphatic heterocycles. The van der Waals surface area contributed by atoms with Crippen LogP contribution in [-0.2, 0) is 6.42 Å². The van der Waals surface area contributed by atoms with Crippen LogP contribution in [0.1, 0.15) is 12.5 Å². The summed E-state index contributed by atoms with van der Waals surface area (Å²) in [5.41, 5.74) is 1.45. The van der Waals surface area contributed by atoms with Crippen LogP contribution in [0.2, 0.25) is 0 Å². The Kier molecular flexibility index (Phi) is 5.51. The van der Waals surface area contributed by atoms with Crippen molar-refractivity contribution in [3.05, 3.63) is 22.4 Å². The van der Waals surface area contributed by atoms with Gasteiger partial charge >= 0.3 is 0 Å². The Morgan fingerprint density at radius 1 is 1.62 bits per heavy atom. The van der Waals surface area contributed by atoms with Gasteiger partial charge in [0, 0.05) is 18.3 Å². The van der Waals surface area contributed by atoms with Gasteiger partial charge in [-0.25, -0.2) is 0 Å². The number of hydrogen-bond acceptors (Lipinski definition) is 3. The molecule has 1 nitrogen and oxygen atoms in total. The van der Waals surface area contributed by atoms with Gasteiger partial charge in [0.15, 0.2) is 0 Å². The first-order valence-electron chi connectivity index (χ1n) is 4.56. The lowest BCUT2D eigenvalue weighted by atomic mass is 10.1. The average molecular weight is 215 g/mol. The number of rotatable bonds is 6. The van der Waals surface area contributed by atoms with E-state index in [0.29, 0.717) is 6.04 Å². The molecule has 0 aliphatic rings. The van der Waals surface area contributed by atoms with Gasteiger partial charge in [-0.3, -0.25) is 0 Å². The minimum absolute atomic E-state index is 0.599. The van der Waals surface area contributed by atoms with Gasteiger partial charge in [-0.2, -0.15) is 23.1 Å². The third kappa shape index (κ3) is 4.69. The molecule has 1 aromatic heterocycles. The van der Waals surface area contributed by atoms with E-state index in [1.54, 1.807) is 11.3 Å². The van der Waals surface area contributed by atoms with Crippen molar-refractivity contribution in [1.82, 2.24) is 5.32 Å². The fraction of sp³-hybridized carbons (Fsp3) is 0.600. The first-order chi connectivity index (χ1) is 6.33. The number of nitrogens with one attached hydrogen (secondary N) is 1. The van der Waals surface area contributed by atoms with E-state index in [-0.39, 0.29) is 0 Å². The highest BCUT2D eigenvalue weighted by Crippen LogP contribution is 2.08. The van der Waals surface area contributed by atoms with Gasteiger partial charge in [0.05, 0.1) is 0 Å². The summed E-state index contributed by atoms with van der Waals surface area (Å²) >= 11 is 3.67. The summed E-state index contributed by atoms with van der Waals surface area (Å²) < 4.78 is 0. The number of thioether (sulfide) groups is 1. The first kappa shape index (κ1) is 11.1. The van der Waals surface area contributed by atoms with E-state index in [4.69, 9.17) is 0 Å². The van der Waals surface area contributed by atoms with E-state index in [1.807, 2.05) is 11.8 Å². The van der Waals surface area contributed by atoms with E-state index in [9.17, 15) is 0 Å². The Labute approximate surface area is 88.9 Å². The molecule has 0 saturated heterocycles. The lowest BCUT2D eigenvalue weighted by Crippen LogP contribution is -2.29. The number of thiophene rings is 1. The van der Waals surface area contributed by atoms with Gasteiger partial charge in [0.1, 0.15) is 0 Å². The second-order valence-corrected chi connectivity index (χ2v) is 4.95. The second kappa shape index (κ2) is 6.46. The lowest BCUT2D eigenvalue weighted by molar-refractivity contribution is 0.568. The summed E-state index contributed by atoms with van der Waals surface area (Å²) in [7, 11) is 0. The van der Waals surface area contributed by atoms with Crippen molar-refractivity contribution >= 4 is 23.1 Å². The van der Waals surface area contributed by atoms with Crippen LogP contribution < -0.4 is 5.32 Å². The largest absolute Gasteiger partial charge is 0.313 e. The lowest BCUT2D eigenvalue weighted by Gasteiger charge is -2.11. The maximum atomic E-state index is 3.51. The van der Waals surface area contributed by atoms with Gasteiger partial charge < -0.3 is 5.32 Å². The Morgan fingerprint density at radius 2 is 2.46 bits per heavy atom. The van der Waals surface area contributed by atoms with Crippen LogP contribution in [0.25, 0.3) is 0 Å². The van der Waals surface area contributed by atoms with Crippen LogP contribution in [0, 0.1) is 0 Å². The Balaban J connectivity index is 2.14. The minimum atomic E-state index is 0.599. The van der Waals surface area contributed by atoms with Crippen LogP contribution in [0.15, 0.2) is 16.8 Å². The molecule has 0 bridgehead atoms. The molecular weight excluding hydrogens is 198 g/mol. The molecule has 1 N–H and O–H groups in total. The fourth-order valence-electron chi connectivity index (χ4n) is 1.24. The molecule has 0 radical (unpaired) electrons. The third-order valence-electron chi connectivity index (χ3n) is 1.92. The summed E-state index contributed by atoms with van der Waals surface area (Å²) in [6.07, 6.45) is 3.29. The molecule has 1 heterocycles. The Hall–Kier alpha value is 0.01000. The van der Waals surface area contributed by atoms with E-state index in [1.165, 1.54) is 11.3 Å². The molecular formula is C10H17NS2. The first-order valence-corrected chi connectivity index (χ1v) is 6.90. The highest BCUT2D eigenvalue weighted by Gasteiger charge is 2.01. The second-order valence-electron chi connectivity index (χ2n) is 3.18. The Bertz CT molecular complexity index is 209. The summed E-state index contributed by atoms with van der Waals surface area (Å²) in [6.45, 7) is 3.37. The highest BCUT2D eigenvalue weighted by molar-refractivity contribution is 7.98. The monoisotopic (exact) mass is 215 g/mol. The maximum absolute atomic E-state index is 3.51. The zero-order valence-corrected chi connectivity index (χ0v) is 9.88. The summed E-state index contributed by atoms with van der Waals surface area (Å²) in [5, 5.41) is 7.88. The van der Waals surface area contributed by atoms with E-state index < -0.39 is 0 Å². The SMILES string of the molecule is CSCCNC(C)Cc1ccsc1. The third-order valence-corrected chi connectivity index (χ3v) is 3.27. The van der Waals surface area contributed by atoms with Crippen molar-refractivity contribution in [3.63, 3.8) is 0 Å². The van der Waals surface area contributed by atoms with Crippen molar-refractivity contribution in [2.75, 3.05) is 18.6 Å². The molecule has 1 rings (SSSR count). The molecule has 0 amide bonds. The molecule has 13 heavy (non-hydrogen) atoms. The van der Waals surface area contributed by atoms with Gasteiger partial charge in [-0.1, -0.05) is 0 Å². The van der Waals surface area contributed by atoms with Gasteiger partial charge in [-0.05, 0) is 42.0 Å². The molecule has 1 aromatic rings. The van der Waals surface area contributed by atoms with Gasteiger partial charge in [-0.15, -0.1) is 0 Å². The van der Waals surface area contributed by atoms with E-state index in [2.05, 4.69) is 35.3 Å². The highest BCUT2D eigenvalue weighted by atomic mass is 32.2. The summed E-state index contributed by atoms with van der Waals surface area (Å²) in [4.78, 5) is 0. The zero-order chi connectivity index (χ0) is 9.52. The molecule has 3 heteroatoms. The standard InChI is InChI=1S/C10H17NS2/c1-9(11-4-6-12-2)7-10-3-5-13-8-10/h3,5,8-9,11H,4,6-7H2,1-2H3. The fourth-order valence-corrected chi connectivity index (χ4v) is 2.25. The van der Waals surface area contributed by atoms with Crippen molar-refractivity contribution in [2.24, 2.45) is 0 Å². The maximum Gasteiger partial charge on any atom is 0.00797 e. The van der Waals surface area contributed by atoms with Crippen LogP contribution in [-0.4, -0.2) is 24.6 Å². The number of hydrogen-bond donors (Lipinski definition) is 1. The van der Waals surface area contributed by atoms with Crippen molar-refractivity contribution in [3.8, 4) is 0 Å². The average Bonchev–Trinajstić information content (AvgIpc) is 2.57. The quantitative estimate of drug-likeness (QED) is 0.732. The smallest absolute Gasteiger partial charge is 0.00797 e. The van der Waals surface area contributed by atoms with Crippen LogP contribution in [0.3, 0.4) is 0 Å². The van der Waals surface area contributed by atoms with Crippen LogP contribution in [0.5, 0.6) is 0 Å². The Morgan fingerprint density at radius 3 is 3.08 bits per heavy atom. The van der Waals surface area contributed by atoms with E-state index >= 15 is 0 Å². The van der Waals surface area contributed by atoms with E-state index in [0.717, 1.165) is 13.0 Å². The topological polar surface area (TPSA) is 12.0 Å². The molecule has 0 aromatic carbocycles. The van der Waals surface area contributed by atoms with Crippen molar-refractivity contribution in [1.29, 1.82) is 0 Å². The summed E-state index contributed by atoms with van der Waals surface area (Å²) in [5.74, 6) is 1.20. The molecule has 1 unspecified atom stereocenters. The minimum Gasteiger partial charge on any atom is -0.313 e. The van der Waals surface area contributed by atoms with Crippen molar-refractivity contribution in [2.45, 2.75) is 19.4 Å². The predicted octanol–water partition coefficient (Wildman–Crippen LogP) is 2.63.